The van der Waals surface area contributed by atoms with Crippen molar-refractivity contribution in [1.29, 1.82) is 0 Å². The van der Waals surface area contributed by atoms with E-state index < -0.39 is 0 Å². The first kappa shape index (κ1) is 9.75. The van der Waals surface area contributed by atoms with E-state index >= 15 is 0 Å². The molecule has 0 aliphatic heterocycles. The van der Waals surface area contributed by atoms with Gasteiger partial charge in [0.1, 0.15) is 0 Å². The van der Waals surface area contributed by atoms with Crippen molar-refractivity contribution in [2.24, 2.45) is 0 Å². The van der Waals surface area contributed by atoms with Crippen LogP contribution in [0, 0.1) is 0 Å². The van der Waals surface area contributed by atoms with Crippen molar-refractivity contribution < 1.29 is 0 Å². The number of rotatable bonds is 6. The van der Waals surface area contributed by atoms with E-state index in [1.54, 1.807) is 0 Å². The molecule has 1 rings (SSSR count). The third-order valence-corrected chi connectivity index (χ3v) is 4.20. The van der Waals surface area contributed by atoms with Crippen molar-refractivity contribution in [2.75, 3.05) is 31.4 Å². The lowest BCUT2D eigenvalue weighted by Crippen LogP contribution is -2.27. The molecule has 0 aromatic carbocycles. The quantitative estimate of drug-likeness (QED) is 0.643. The Balaban J connectivity index is 1.94. The van der Waals surface area contributed by atoms with Crippen LogP contribution < -0.4 is 5.32 Å². The predicted octanol–water partition coefficient (Wildman–Crippen LogP) is 1.83. The highest BCUT2D eigenvalue weighted by molar-refractivity contribution is 8.00. The van der Waals surface area contributed by atoms with Crippen molar-refractivity contribution in [3.05, 3.63) is 0 Å². The normalized spacial score (nSPS) is 20.2. The Hall–Kier alpha value is 0.660. The highest BCUT2D eigenvalue weighted by atomic mass is 32.2. The molecule has 0 bridgehead atoms. The van der Waals surface area contributed by atoms with E-state index in [0.717, 1.165) is 0 Å². The van der Waals surface area contributed by atoms with Crippen LogP contribution in [0.5, 0.6) is 0 Å². The van der Waals surface area contributed by atoms with E-state index in [1.807, 2.05) is 23.5 Å². The molecule has 1 aliphatic carbocycles. The molecule has 0 unspecified atom stereocenters. The van der Waals surface area contributed by atoms with Gasteiger partial charge in [-0.15, -0.1) is 0 Å². The third-order valence-electron chi connectivity index (χ3n) is 2.17. The van der Waals surface area contributed by atoms with Gasteiger partial charge in [-0.05, 0) is 25.4 Å². The fourth-order valence-corrected chi connectivity index (χ4v) is 2.19. The highest BCUT2D eigenvalue weighted by Crippen LogP contribution is 2.46. The maximum Gasteiger partial charge on any atom is 0.0282 e. The van der Waals surface area contributed by atoms with E-state index in [2.05, 4.69) is 17.8 Å². The summed E-state index contributed by atoms with van der Waals surface area (Å²) in [5.41, 5.74) is 0. The van der Waals surface area contributed by atoms with Gasteiger partial charge in [-0.2, -0.15) is 23.5 Å². The van der Waals surface area contributed by atoms with Crippen LogP contribution in [-0.4, -0.2) is 36.1 Å². The molecule has 1 fully saturated rings. The largest absolute Gasteiger partial charge is 0.315 e. The maximum absolute atomic E-state index is 3.50. The average Bonchev–Trinajstić information content (AvgIpc) is 2.80. The molecule has 0 amide bonds. The van der Waals surface area contributed by atoms with Crippen molar-refractivity contribution in [3.63, 3.8) is 0 Å². The van der Waals surface area contributed by atoms with Gasteiger partial charge in [-0.25, -0.2) is 0 Å². The van der Waals surface area contributed by atoms with E-state index in [9.17, 15) is 0 Å². The number of thioether (sulfide) groups is 2. The zero-order valence-electron chi connectivity index (χ0n) is 7.35. The molecular formula is C8H17NS2. The Morgan fingerprint density at radius 2 is 2.09 bits per heavy atom. The smallest absolute Gasteiger partial charge is 0.0282 e. The lowest BCUT2D eigenvalue weighted by atomic mass is 10.4. The molecule has 0 aromatic rings. The predicted molar refractivity (Wildman–Crippen MR) is 56.7 cm³/mol. The fourth-order valence-electron chi connectivity index (χ4n) is 1.08. The van der Waals surface area contributed by atoms with E-state index in [-0.39, 0.29) is 0 Å². The first-order valence-corrected chi connectivity index (χ1v) is 6.70. The van der Waals surface area contributed by atoms with E-state index in [1.165, 1.54) is 31.7 Å². The number of hydrogen-bond donors (Lipinski definition) is 1. The second kappa shape index (κ2) is 4.63. The minimum Gasteiger partial charge on any atom is -0.315 e. The summed E-state index contributed by atoms with van der Waals surface area (Å²) in [4.78, 5) is 0. The molecular weight excluding hydrogens is 174 g/mol. The van der Waals surface area contributed by atoms with Crippen LogP contribution in [0.25, 0.3) is 0 Å². The topological polar surface area (TPSA) is 12.0 Å². The second-order valence-electron chi connectivity index (χ2n) is 3.06. The standard InChI is InChI=1S/C8H17NS2/c1-10-6-5-9-7-8(11-2)3-4-8/h9H,3-7H2,1-2H3. The summed E-state index contributed by atoms with van der Waals surface area (Å²) in [6.45, 7) is 2.39. The molecule has 0 aromatic heterocycles. The zero-order chi connectivity index (χ0) is 8.16. The zero-order valence-corrected chi connectivity index (χ0v) is 8.99. The monoisotopic (exact) mass is 191 g/mol. The van der Waals surface area contributed by atoms with Crippen molar-refractivity contribution in [1.82, 2.24) is 5.32 Å². The van der Waals surface area contributed by atoms with Gasteiger partial charge >= 0.3 is 0 Å². The van der Waals surface area contributed by atoms with Crippen LogP contribution in [0.1, 0.15) is 12.8 Å². The van der Waals surface area contributed by atoms with Crippen LogP contribution in [0.4, 0.5) is 0 Å². The summed E-state index contributed by atoms with van der Waals surface area (Å²) in [7, 11) is 0. The Morgan fingerprint density at radius 1 is 1.36 bits per heavy atom. The minimum atomic E-state index is 0.637. The Labute approximate surface area is 78.1 Å². The summed E-state index contributed by atoms with van der Waals surface area (Å²) < 4.78 is 0.637. The maximum atomic E-state index is 3.50. The van der Waals surface area contributed by atoms with E-state index in [4.69, 9.17) is 0 Å². The summed E-state index contributed by atoms with van der Waals surface area (Å²) in [6.07, 6.45) is 7.22. The van der Waals surface area contributed by atoms with Crippen molar-refractivity contribution >= 4 is 23.5 Å². The molecule has 1 N–H and O–H groups in total. The van der Waals surface area contributed by atoms with Crippen LogP contribution >= 0.6 is 23.5 Å². The van der Waals surface area contributed by atoms with Crippen LogP contribution in [-0.2, 0) is 0 Å². The van der Waals surface area contributed by atoms with Gasteiger partial charge in [0.05, 0.1) is 0 Å². The SMILES string of the molecule is CSCCNCC1(SC)CC1. The van der Waals surface area contributed by atoms with Crippen LogP contribution in [0.3, 0.4) is 0 Å². The molecule has 3 heteroatoms. The van der Waals surface area contributed by atoms with Crippen molar-refractivity contribution in [2.45, 2.75) is 17.6 Å². The second-order valence-corrected chi connectivity index (χ2v) is 5.32. The van der Waals surface area contributed by atoms with Gasteiger partial charge in [0.25, 0.3) is 0 Å². The molecule has 0 heterocycles. The summed E-state index contributed by atoms with van der Waals surface area (Å²) >= 11 is 3.94. The van der Waals surface area contributed by atoms with Crippen LogP contribution in [0.2, 0.25) is 0 Å². The van der Waals surface area contributed by atoms with Gasteiger partial charge in [0.2, 0.25) is 0 Å². The molecule has 11 heavy (non-hydrogen) atoms. The number of hydrogen-bond acceptors (Lipinski definition) is 3. The molecule has 0 spiro atoms. The molecule has 1 saturated carbocycles. The molecule has 1 aliphatic rings. The molecule has 0 radical (unpaired) electrons. The van der Waals surface area contributed by atoms with Crippen LogP contribution in [0.15, 0.2) is 0 Å². The summed E-state index contributed by atoms with van der Waals surface area (Å²) in [6, 6.07) is 0. The van der Waals surface area contributed by atoms with Gasteiger partial charge in [0, 0.05) is 23.6 Å². The Kier molecular flexibility index (Phi) is 4.10. The van der Waals surface area contributed by atoms with Gasteiger partial charge in [-0.3, -0.25) is 0 Å². The fraction of sp³-hybridized carbons (Fsp3) is 1.00. The lowest BCUT2D eigenvalue weighted by molar-refractivity contribution is 0.694. The van der Waals surface area contributed by atoms with Gasteiger partial charge in [0.15, 0.2) is 0 Å². The van der Waals surface area contributed by atoms with Crippen molar-refractivity contribution in [3.8, 4) is 0 Å². The lowest BCUT2D eigenvalue weighted by Gasteiger charge is -2.12. The molecule has 1 nitrogen and oxygen atoms in total. The minimum absolute atomic E-state index is 0.637. The highest BCUT2D eigenvalue weighted by Gasteiger charge is 2.41. The molecule has 66 valence electrons. The first-order valence-electron chi connectivity index (χ1n) is 4.08. The van der Waals surface area contributed by atoms with Gasteiger partial charge < -0.3 is 5.32 Å². The van der Waals surface area contributed by atoms with E-state index in [0.29, 0.717) is 4.75 Å². The van der Waals surface area contributed by atoms with Gasteiger partial charge in [-0.1, -0.05) is 0 Å². The summed E-state index contributed by atoms with van der Waals surface area (Å²) in [5.74, 6) is 1.24. The third kappa shape index (κ3) is 3.26. The molecule has 0 saturated heterocycles. The Morgan fingerprint density at radius 3 is 2.55 bits per heavy atom. The number of nitrogens with one attached hydrogen (secondary N) is 1. The average molecular weight is 191 g/mol. The molecule has 0 atom stereocenters. The Bertz CT molecular complexity index is 113. The first-order chi connectivity index (χ1) is 5.33. The summed E-state index contributed by atoms with van der Waals surface area (Å²) in [5, 5.41) is 3.50.